The maximum Gasteiger partial charge on any atom is 0.417 e. The lowest BCUT2D eigenvalue weighted by atomic mass is 10.0. The Labute approximate surface area is 109 Å². The summed E-state index contributed by atoms with van der Waals surface area (Å²) in [4.78, 5) is 22.2. The van der Waals surface area contributed by atoms with Crippen molar-refractivity contribution in [1.82, 2.24) is 10.6 Å². The molecule has 112 valence electrons. The van der Waals surface area contributed by atoms with Gasteiger partial charge < -0.3 is 10.4 Å². The van der Waals surface area contributed by atoms with E-state index in [-0.39, 0.29) is 0 Å². The lowest BCUT2D eigenvalue weighted by molar-refractivity contribution is -0.205. The summed E-state index contributed by atoms with van der Waals surface area (Å²) in [5, 5.41) is 12.9. The van der Waals surface area contributed by atoms with Crippen molar-refractivity contribution in [1.29, 1.82) is 0 Å². The molecule has 0 aliphatic carbocycles. The first-order chi connectivity index (χ1) is 8.35. The predicted molar refractivity (Wildman–Crippen MR) is 62.6 cm³/mol. The third kappa shape index (κ3) is 4.70. The first-order valence-corrected chi connectivity index (χ1v) is 5.72. The molecule has 0 rings (SSSR count). The van der Waals surface area contributed by atoms with Gasteiger partial charge in [-0.1, -0.05) is 6.92 Å². The molecule has 0 aromatic carbocycles. The Morgan fingerprint density at radius 1 is 1.16 bits per heavy atom. The number of carbonyl (C=O) groups is 2. The number of aliphatic carboxylic acids is 1. The third-order valence-corrected chi connectivity index (χ3v) is 2.96. The molecule has 0 saturated heterocycles. The van der Waals surface area contributed by atoms with Gasteiger partial charge >= 0.3 is 12.1 Å². The fourth-order valence-electron chi connectivity index (χ4n) is 1.06. The van der Waals surface area contributed by atoms with E-state index in [1.54, 1.807) is 19.2 Å². The van der Waals surface area contributed by atoms with Gasteiger partial charge in [0.1, 0.15) is 0 Å². The molecule has 1 amide bonds. The Hall–Kier alpha value is -1.31. The van der Waals surface area contributed by atoms with Crippen molar-refractivity contribution in [3.05, 3.63) is 0 Å². The zero-order valence-electron chi connectivity index (χ0n) is 11.3. The highest BCUT2D eigenvalue weighted by Gasteiger charge is 2.57. The molecular formula is C11H19F3N2O3. The van der Waals surface area contributed by atoms with Crippen LogP contribution >= 0.6 is 0 Å². The second-order valence-electron chi connectivity index (χ2n) is 5.07. The number of carbonyl (C=O) groups excluding carboxylic acids is 1. The number of halogens is 3. The predicted octanol–water partition coefficient (Wildman–Crippen LogP) is 1.29. The van der Waals surface area contributed by atoms with Crippen LogP contribution in [0.1, 0.15) is 34.1 Å². The average Bonchev–Trinajstić information content (AvgIpc) is 2.23. The summed E-state index contributed by atoms with van der Waals surface area (Å²) < 4.78 is 37.9. The molecule has 5 nitrogen and oxygen atoms in total. The first-order valence-electron chi connectivity index (χ1n) is 5.72. The number of carboxylic acid groups (broad SMARTS) is 1. The van der Waals surface area contributed by atoms with Crippen molar-refractivity contribution < 1.29 is 27.9 Å². The van der Waals surface area contributed by atoms with E-state index >= 15 is 0 Å². The van der Waals surface area contributed by atoms with Crippen molar-refractivity contribution in [2.24, 2.45) is 0 Å². The minimum absolute atomic E-state index is 0.480. The van der Waals surface area contributed by atoms with Gasteiger partial charge in [0.15, 0.2) is 0 Å². The van der Waals surface area contributed by atoms with Crippen LogP contribution in [0.5, 0.6) is 0 Å². The summed E-state index contributed by atoms with van der Waals surface area (Å²) in [7, 11) is 0. The lowest BCUT2D eigenvalue weighted by Gasteiger charge is -2.30. The molecule has 1 unspecified atom stereocenters. The quantitative estimate of drug-likeness (QED) is 0.686. The maximum absolute atomic E-state index is 12.6. The van der Waals surface area contributed by atoms with E-state index in [1.165, 1.54) is 0 Å². The number of amides is 1. The molecule has 19 heavy (non-hydrogen) atoms. The van der Waals surface area contributed by atoms with Gasteiger partial charge in [-0.15, -0.1) is 0 Å². The van der Waals surface area contributed by atoms with Crippen molar-refractivity contribution in [3.8, 4) is 0 Å². The van der Waals surface area contributed by atoms with Crippen LogP contribution in [0.4, 0.5) is 13.2 Å². The number of rotatable bonds is 6. The number of hydrogen-bond donors (Lipinski definition) is 3. The van der Waals surface area contributed by atoms with Crippen LogP contribution < -0.4 is 10.6 Å². The van der Waals surface area contributed by atoms with Crippen molar-refractivity contribution >= 4 is 11.9 Å². The van der Waals surface area contributed by atoms with Gasteiger partial charge in [-0.2, -0.15) is 13.2 Å². The van der Waals surface area contributed by atoms with Crippen LogP contribution in [0.25, 0.3) is 0 Å². The van der Waals surface area contributed by atoms with E-state index in [4.69, 9.17) is 5.11 Å². The highest BCUT2D eigenvalue weighted by Crippen LogP contribution is 2.30. The molecule has 0 saturated carbocycles. The summed E-state index contributed by atoms with van der Waals surface area (Å²) in [6.45, 7) is 4.99. The Balaban J connectivity index is 4.69. The van der Waals surface area contributed by atoms with Crippen LogP contribution in [0.3, 0.4) is 0 Å². The SMILES string of the molecule is CCC(C)(C)NC(=O)CNC(C)(C(=O)O)C(F)(F)F. The van der Waals surface area contributed by atoms with Crippen molar-refractivity contribution in [2.75, 3.05) is 6.54 Å². The third-order valence-electron chi connectivity index (χ3n) is 2.96. The first kappa shape index (κ1) is 17.7. The minimum atomic E-state index is -5.00. The van der Waals surface area contributed by atoms with Crippen LogP contribution in [-0.2, 0) is 9.59 Å². The lowest BCUT2D eigenvalue weighted by Crippen LogP contribution is -2.62. The van der Waals surface area contributed by atoms with E-state index in [0.29, 0.717) is 13.3 Å². The number of hydrogen-bond acceptors (Lipinski definition) is 3. The van der Waals surface area contributed by atoms with Crippen molar-refractivity contribution in [2.45, 2.75) is 51.4 Å². The van der Waals surface area contributed by atoms with Gasteiger partial charge in [-0.05, 0) is 27.2 Å². The summed E-state index contributed by atoms with van der Waals surface area (Å²) in [6, 6.07) is 0. The molecule has 8 heteroatoms. The number of carboxylic acids is 1. The molecule has 0 fully saturated rings. The maximum atomic E-state index is 12.6. The van der Waals surface area contributed by atoms with Gasteiger partial charge in [-0.25, -0.2) is 4.79 Å². The minimum Gasteiger partial charge on any atom is -0.480 e. The summed E-state index contributed by atoms with van der Waals surface area (Å²) in [5.74, 6) is -2.77. The zero-order chi connectivity index (χ0) is 15.5. The zero-order valence-corrected chi connectivity index (χ0v) is 11.3. The van der Waals surface area contributed by atoms with E-state index in [0.717, 1.165) is 0 Å². The van der Waals surface area contributed by atoms with E-state index in [9.17, 15) is 22.8 Å². The molecule has 0 aliphatic rings. The Morgan fingerprint density at radius 3 is 1.95 bits per heavy atom. The fraction of sp³-hybridized carbons (Fsp3) is 0.818. The topological polar surface area (TPSA) is 78.4 Å². The molecule has 0 aliphatic heterocycles. The van der Waals surface area contributed by atoms with Crippen LogP contribution in [0.2, 0.25) is 0 Å². The van der Waals surface area contributed by atoms with Gasteiger partial charge in [-0.3, -0.25) is 10.1 Å². The highest BCUT2D eigenvalue weighted by atomic mass is 19.4. The normalized spacial score (nSPS) is 15.7. The second-order valence-corrected chi connectivity index (χ2v) is 5.07. The molecule has 0 heterocycles. The Kier molecular flexibility index (Phi) is 5.37. The molecule has 1 atom stereocenters. The summed E-state index contributed by atoms with van der Waals surface area (Å²) in [5.41, 5.74) is -3.71. The average molecular weight is 284 g/mol. The standard InChI is InChI=1S/C11H19F3N2O3/c1-5-9(2,3)16-7(17)6-15-10(4,8(18)19)11(12,13)14/h15H,5-6H2,1-4H3,(H,16,17)(H,18,19). The molecule has 0 radical (unpaired) electrons. The van der Waals surface area contributed by atoms with Crippen LogP contribution in [0.15, 0.2) is 0 Å². The Morgan fingerprint density at radius 2 is 1.63 bits per heavy atom. The monoisotopic (exact) mass is 284 g/mol. The number of alkyl halides is 3. The van der Waals surface area contributed by atoms with E-state index in [1.807, 2.05) is 6.92 Å². The molecule has 0 aromatic heterocycles. The molecule has 0 aromatic rings. The Bertz CT molecular complexity index is 356. The molecule has 0 bridgehead atoms. The van der Waals surface area contributed by atoms with E-state index < -0.39 is 35.7 Å². The van der Waals surface area contributed by atoms with Gasteiger partial charge in [0.25, 0.3) is 0 Å². The van der Waals surface area contributed by atoms with Gasteiger partial charge in [0.05, 0.1) is 6.54 Å². The molecule has 3 N–H and O–H groups in total. The largest absolute Gasteiger partial charge is 0.480 e. The van der Waals surface area contributed by atoms with Gasteiger partial charge in [0.2, 0.25) is 11.4 Å². The number of nitrogens with one attached hydrogen (secondary N) is 2. The second kappa shape index (κ2) is 5.77. The van der Waals surface area contributed by atoms with E-state index in [2.05, 4.69) is 5.32 Å². The van der Waals surface area contributed by atoms with Crippen LogP contribution in [0, 0.1) is 0 Å². The van der Waals surface area contributed by atoms with Crippen molar-refractivity contribution in [3.63, 3.8) is 0 Å². The molecular weight excluding hydrogens is 265 g/mol. The summed E-state index contributed by atoms with van der Waals surface area (Å²) >= 11 is 0. The highest BCUT2D eigenvalue weighted by molar-refractivity contribution is 5.83. The fourth-order valence-corrected chi connectivity index (χ4v) is 1.06. The van der Waals surface area contributed by atoms with Gasteiger partial charge in [0, 0.05) is 5.54 Å². The molecule has 0 spiro atoms. The van der Waals surface area contributed by atoms with Crippen LogP contribution in [-0.4, -0.2) is 40.8 Å². The smallest absolute Gasteiger partial charge is 0.417 e. The summed E-state index contributed by atoms with van der Waals surface area (Å²) in [6.07, 6.45) is -4.41.